The van der Waals surface area contributed by atoms with E-state index in [0.717, 1.165) is 35.3 Å². The van der Waals surface area contributed by atoms with Gasteiger partial charge in [-0.2, -0.15) is 10.4 Å². The van der Waals surface area contributed by atoms with Gasteiger partial charge in [-0.15, -0.1) is 5.10 Å². The van der Waals surface area contributed by atoms with Gasteiger partial charge in [-0.3, -0.25) is 0 Å². The number of anilines is 2. The molecule has 3 N–H and O–H groups in total. The Morgan fingerprint density at radius 3 is 2.43 bits per heavy atom. The summed E-state index contributed by atoms with van der Waals surface area (Å²) in [5.41, 5.74) is 9.95. The van der Waals surface area contributed by atoms with E-state index < -0.39 is 0 Å². The van der Waals surface area contributed by atoms with Gasteiger partial charge < -0.3 is 11.1 Å². The Bertz CT molecular complexity index is 656. The average Bonchev–Trinajstić information content (AvgIpc) is 2.53. The quantitative estimate of drug-likeness (QED) is 0.823. The van der Waals surface area contributed by atoms with Crippen LogP contribution in [0.25, 0.3) is 0 Å². The van der Waals surface area contributed by atoms with Crippen molar-refractivity contribution in [1.29, 1.82) is 5.26 Å². The zero-order valence-corrected chi connectivity index (χ0v) is 12.3. The summed E-state index contributed by atoms with van der Waals surface area (Å²) in [6.07, 6.45) is 1.56. The van der Waals surface area contributed by atoms with Crippen molar-refractivity contribution in [3.63, 3.8) is 0 Å². The Balaban J connectivity index is 2.24. The molecule has 5 nitrogen and oxygen atoms in total. The minimum absolute atomic E-state index is 0.545. The molecule has 0 aliphatic rings. The molecule has 0 atom stereocenters. The van der Waals surface area contributed by atoms with Gasteiger partial charge in [0.05, 0.1) is 5.69 Å². The van der Waals surface area contributed by atoms with E-state index in [1.807, 2.05) is 38.1 Å². The normalized spacial score (nSPS) is 10.1. The zero-order chi connectivity index (χ0) is 15.2. The maximum Gasteiger partial charge on any atom is 0.167 e. The van der Waals surface area contributed by atoms with Crippen molar-refractivity contribution < 1.29 is 0 Å². The van der Waals surface area contributed by atoms with Crippen LogP contribution >= 0.6 is 0 Å². The number of rotatable bonds is 5. The standard InChI is InChI=1S/C16H19N5/c1-3-13-14(9-17)16(21-20-15(13)4-2)19-10-11-5-7-12(18)8-6-11/h5-8H,3-4,10,18H2,1-2H3,(H,19,21). The summed E-state index contributed by atoms with van der Waals surface area (Å²) in [6.45, 7) is 4.63. The first-order chi connectivity index (χ1) is 10.2. The van der Waals surface area contributed by atoms with Crippen LogP contribution in [0.4, 0.5) is 11.5 Å². The Morgan fingerprint density at radius 1 is 1.14 bits per heavy atom. The molecular formula is C16H19N5. The van der Waals surface area contributed by atoms with Gasteiger partial charge in [0.25, 0.3) is 0 Å². The Labute approximate surface area is 124 Å². The van der Waals surface area contributed by atoms with E-state index in [1.54, 1.807) is 0 Å². The number of nitrogen functional groups attached to an aromatic ring is 1. The molecule has 108 valence electrons. The maximum atomic E-state index is 9.41. The molecule has 0 unspecified atom stereocenters. The molecule has 5 heteroatoms. The fourth-order valence-corrected chi connectivity index (χ4v) is 2.24. The van der Waals surface area contributed by atoms with Gasteiger partial charge in [-0.25, -0.2) is 0 Å². The van der Waals surface area contributed by atoms with Gasteiger partial charge in [0, 0.05) is 12.2 Å². The summed E-state index contributed by atoms with van der Waals surface area (Å²) in [4.78, 5) is 0. The van der Waals surface area contributed by atoms with Gasteiger partial charge >= 0.3 is 0 Å². The molecule has 0 saturated carbocycles. The van der Waals surface area contributed by atoms with Gasteiger partial charge in [0.1, 0.15) is 11.6 Å². The van der Waals surface area contributed by atoms with Crippen molar-refractivity contribution in [3.05, 3.63) is 46.6 Å². The molecule has 0 amide bonds. The van der Waals surface area contributed by atoms with Crippen LogP contribution in [0.2, 0.25) is 0 Å². The highest BCUT2D eigenvalue weighted by molar-refractivity contribution is 5.56. The molecule has 0 radical (unpaired) electrons. The lowest BCUT2D eigenvalue weighted by Gasteiger charge is -2.12. The number of aromatic nitrogens is 2. The van der Waals surface area contributed by atoms with E-state index in [9.17, 15) is 5.26 Å². The molecule has 0 saturated heterocycles. The number of hydrogen-bond donors (Lipinski definition) is 2. The first kappa shape index (κ1) is 14.8. The third kappa shape index (κ3) is 3.29. The predicted molar refractivity (Wildman–Crippen MR) is 83.7 cm³/mol. The Hall–Kier alpha value is -2.61. The highest BCUT2D eigenvalue weighted by Gasteiger charge is 2.13. The van der Waals surface area contributed by atoms with Crippen LogP contribution in [0.1, 0.15) is 36.2 Å². The highest BCUT2D eigenvalue weighted by Crippen LogP contribution is 2.20. The lowest BCUT2D eigenvalue weighted by Crippen LogP contribution is -2.10. The number of nitriles is 1. The van der Waals surface area contributed by atoms with Crippen LogP contribution in [0.5, 0.6) is 0 Å². The maximum absolute atomic E-state index is 9.41. The lowest BCUT2D eigenvalue weighted by molar-refractivity contribution is 0.869. The van der Waals surface area contributed by atoms with Crippen LogP contribution in [0.3, 0.4) is 0 Å². The van der Waals surface area contributed by atoms with Crippen LogP contribution in [-0.4, -0.2) is 10.2 Å². The third-order valence-corrected chi connectivity index (χ3v) is 3.40. The summed E-state index contributed by atoms with van der Waals surface area (Å²) >= 11 is 0. The fraction of sp³-hybridized carbons (Fsp3) is 0.312. The smallest absolute Gasteiger partial charge is 0.167 e. The largest absolute Gasteiger partial charge is 0.399 e. The average molecular weight is 281 g/mol. The molecule has 0 fully saturated rings. The lowest BCUT2D eigenvalue weighted by atomic mass is 10.0. The number of nitrogens with two attached hydrogens (primary N) is 1. The van der Waals surface area contributed by atoms with Crippen molar-refractivity contribution in [3.8, 4) is 6.07 Å². The molecule has 1 heterocycles. The monoisotopic (exact) mass is 281 g/mol. The first-order valence-electron chi connectivity index (χ1n) is 7.06. The van der Waals surface area contributed by atoms with Gasteiger partial charge in [0.15, 0.2) is 5.82 Å². The Morgan fingerprint density at radius 2 is 1.86 bits per heavy atom. The predicted octanol–water partition coefficient (Wildman–Crippen LogP) is 2.67. The first-order valence-corrected chi connectivity index (χ1v) is 7.06. The van der Waals surface area contributed by atoms with Crippen LogP contribution in [0.15, 0.2) is 24.3 Å². The fourth-order valence-electron chi connectivity index (χ4n) is 2.24. The second-order valence-electron chi connectivity index (χ2n) is 4.76. The Kier molecular flexibility index (Phi) is 4.72. The van der Waals surface area contributed by atoms with Crippen molar-refractivity contribution in [2.45, 2.75) is 33.2 Å². The molecule has 1 aromatic carbocycles. The second-order valence-corrected chi connectivity index (χ2v) is 4.76. The molecule has 1 aromatic heterocycles. The molecule has 0 bridgehead atoms. The van der Waals surface area contributed by atoms with Crippen molar-refractivity contribution in [1.82, 2.24) is 10.2 Å². The number of hydrogen-bond acceptors (Lipinski definition) is 5. The van der Waals surface area contributed by atoms with E-state index >= 15 is 0 Å². The number of benzene rings is 1. The van der Waals surface area contributed by atoms with Gasteiger partial charge in [-0.1, -0.05) is 26.0 Å². The summed E-state index contributed by atoms with van der Waals surface area (Å²) in [5.74, 6) is 0.545. The number of aryl methyl sites for hydroxylation is 1. The minimum atomic E-state index is 0.545. The topological polar surface area (TPSA) is 87.6 Å². The van der Waals surface area contributed by atoms with Gasteiger partial charge in [-0.05, 0) is 36.1 Å². The molecular weight excluding hydrogens is 262 g/mol. The van der Waals surface area contributed by atoms with E-state index in [-0.39, 0.29) is 0 Å². The zero-order valence-electron chi connectivity index (χ0n) is 12.3. The van der Waals surface area contributed by atoms with E-state index in [4.69, 9.17) is 5.73 Å². The van der Waals surface area contributed by atoms with Crippen molar-refractivity contribution in [2.24, 2.45) is 0 Å². The van der Waals surface area contributed by atoms with Crippen molar-refractivity contribution in [2.75, 3.05) is 11.1 Å². The molecule has 2 rings (SSSR count). The summed E-state index contributed by atoms with van der Waals surface area (Å²) in [5, 5.41) is 21.0. The van der Waals surface area contributed by atoms with E-state index in [0.29, 0.717) is 17.9 Å². The molecule has 21 heavy (non-hydrogen) atoms. The third-order valence-electron chi connectivity index (χ3n) is 3.40. The molecule has 0 spiro atoms. The minimum Gasteiger partial charge on any atom is -0.399 e. The molecule has 0 aliphatic carbocycles. The van der Waals surface area contributed by atoms with Crippen LogP contribution in [-0.2, 0) is 19.4 Å². The highest BCUT2D eigenvalue weighted by atomic mass is 15.2. The summed E-state index contributed by atoms with van der Waals surface area (Å²) in [6, 6.07) is 9.85. The van der Waals surface area contributed by atoms with Crippen LogP contribution in [0, 0.1) is 11.3 Å². The number of nitrogens with one attached hydrogen (secondary N) is 1. The van der Waals surface area contributed by atoms with E-state index in [1.165, 1.54) is 0 Å². The SMILES string of the molecule is CCc1nnc(NCc2ccc(N)cc2)c(C#N)c1CC. The van der Waals surface area contributed by atoms with Crippen LogP contribution < -0.4 is 11.1 Å². The molecule has 0 aliphatic heterocycles. The van der Waals surface area contributed by atoms with Gasteiger partial charge in [0.2, 0.25) is 0 Å². The van der Waals surface area contributed by atoms with Crippen molar-refractivity contribution >= 4 is 11.5 Å². The second kappa shape index (κ2) is 6.71. The summed E-state index contributed by atoms with van der Waals surface area (Å²) < 4.78 is 0. The summed E-state index contributed by atoms with van der Waals surface area (Å²) in [7, 11) is 0. The molecule has 2 aromatic rings. The number of nitrogens with zero attached hydrogens (tertiary/aromatic N) is 3. The van der Waals surface area contributed by atoms with E-state index in [2.05, 4.69) is 21.6 Å².